The van der Waals surface area contributed by atoms with E-state index in [2.05, 4.69) is 5.16 Å². The first-order valence-corrected chi connectivity index (χ1v) is 10.1. The Morgan fingerprint density at radius 1 is 1.09 bits per heavy atom. The van der Waals surface area contributed by atoms with Gasteiger partial charge < -0.3 is 25.1 Å². The van der Waals surface area contributed by atoms with E-state index in [-0.39, 0.29) is 35.9 Å². The summed E-state index contributed by atoms with van der Waals surface area (Å²) in [4.78, 5) is 23.6. The molecule has 0 bridgehead atoms. The Morgan fingerprint density at radius 3 is 2.21 bits per heavy atom. The molecule has 0 saturated carbocycles. The normalized spacial score (nSPS) is 12.4. The van der Waals surface area contributed by atoms with Crippen molar-refractivity contribution in [3.05, 3.63) is 53.1 Å². The molecule has 0 aromatic heterocycles. The second kappa shape index (κ2) is 10.0. The number of oxime groups is 1. The number of aromatic hydroxyl groups is 1. The van der Waals surface area contributed by atoms with Gasteiger partial charge in [0.05, 0.1) is 0 Å². The largest absolute Gasteiger partial charge is 0.507 e. The van der Waals surface area contributed by atoms with Crippen molar-refractivity contribution < 1.29 is 42.9 Å². The quantitative estimate of drug-likeness (QED) is 0.302. The molecule has 8 nitrogen and oxygen atoms in total. The third kappa shape index (κ3) is 5.97. The molecule has 0 heterocycles. The van der Waals surface area contributed by atoms with Crippen molar-refractivity contribution in [3.63, 3.8) is 0 Å². The van der Waals surface area contributed by atoms with Crippen LogP contribution in [0.2, 0.25) is 0 Å². The second-order valence-electron chi connectivity index (χ2n) is 8.35. The number of anilines is 1. The maximum Gasteiger partial charge on any atom is 0.471 e. The third-order valence-corrected chi connectivity index (χ3v) is 4.93. The summed E-state index contributed by atoms with van der Waals surface area (Å²) in [6, 6.07) is 7.81. The molecule has 0 spiro atoms. The number of hydrogen-bond acceptors (Lipinski definition) is 6. The maximum atomic E-state index is 13.1. The van der Waals surface area contributed by atoms with Gasteiger partial charge in [-0.1, -0.05) is 32.0 Å². The SMILES string of the molecule is CCN(C(=O)C(F)(F)F)c1ccc(C(COc2ccc(C(=O)O)c(O)c2)=NO)cc1C(C)(C)C. The smallest absolute Gasteiger partial charge is 0.471 e. The van der Waals surface area contributed by atoms with E-state index >= 15 is 0 Å². The van der Waals surface area contributed by atoms with Gasteiger partial charge in [0.1, 0.15) is 29.4 Å². The first-order valence-electron chi connectivity index (χ1n) is 10.1. The molecule has 0 aliphatic heterocycles. The van der Waals surface area contributed by atoms with Gasteiger partial charge in [-0.15, -0.1) is 0 Å². The number of phenols is 1. The first-order chi connectivity index (χ1) is 15.7. The minimum absolute atomic E-state index is 0.0176. The number of carboxylic acid groups (broad SMARTS) is 1. The second-order valence-corrected chi connectivity index (χ2v) is 8.35. The van der Waals surface area contributed by atoms with E-state index in [1.165, 1.54) is 31.2 Å². The van der Waals surface area contributed by atoms with Gasteiger partial charge in [0.25, 0.3) is 0 Å². The van der Waals surface area contributed by atoms with Gasteiger partial charge in [0, 0.05) is 23.9 Å². The number of alkyl halides is 3. The number of aromatic carboxylic acids is 1. The van der Waals surface area contributed by atoms with Crippen LogP contribution in [-0.4, -0.2) is 52.3 Å². The summed E-state index contributed by atoms with van der Waals surface area (Å²) >= 11 is 0. The van der Waals surface area contributed by atoms with Crippen LogP contribution in [0.4, 0.5) is 18.9 Å². The van der Waals surface area contributed by atoms with Crippen LogP contribution in [0.3, 0.4) is 0 Å². The van der Waals surface area contributed by atoms with E-state index in [4.69, 9.17) is 9.84 Å². The average molecular weight is 482 g/mol. The van der Waals surface area contributed by atoms with Crippen molar-refractivity contribution in [1.82, 2.24) is 0 Å². The van der Waals surface area contributed by atoms with E-state index in [0.717, 1.165) is 12.1 Å². The summed E-state index contributed by atoms with van der Waals surface area (Å²) in [6.45, 7) is 6.22. The van der Waals surface area contributed by atoms with E-state index in [9.17, 15) is 33.1 Å². The molecule has 1 amide bonds. The van der Waals surface area contributed by atoms with E-state index in [1.54, 1.807) is 20.8 Å². The van der Waals surface area contributed by atoms with Crippen LogP contribution in [0, 0.1) is 0 Å². The van der Waals surface area contributed by atoms with Gasteiger partial charge in [-0.05, 0) is 42.2 Å². The van der Waals surface area contributed by atoms with Crippen LogP contribution in [0.5, 0.6) is 11.5 Å². The van der Waals surface area contributed by atoms with Crippen LogP contribution < -0.4 is 9.64 Å². The highest BCUT2D eigenvalue weighted by atomic mass is 19.4. The molecule has 2 rings (SSSR count). The van der Waals surface area contributed by atoms with Gasteiger partial charge in [0.2, 0.25) is 0 Å². The number of halogens is 3. The molecule has 11 heteroatoms. The minimum atomic E-state index is -5.04. The number of nitrogens with zero attached hydrogens (tertiary/aromatic N) is 2. The summed E-state index contributed by atoms with van der Waals surface area (Å²) in [5.41, 5.74) is -0.155. The molecule has 2 aromatic carbocycles. The molecule has 0 fully saturated rings. The minimum Gasteiger partial charge on any atom is -0.507 e. The molecular weight excluding hydrogens is 457 g/mol. The molecule has 184 valence electrons. The molecule has 0 aliphatic carbocycles. The van der Waals surface area contributed by atoms with E-state index in [0.29, 0.717) is 16.0 Å². The number of carbonyl (C=O) groups is 2. The Balaban J connectivity index is 2.40. The summed E-state index contributed by atoms with van der Waals surface area (Å²) < 4.78 is 44.8. The number of carbonyl (C=O) groups excluding carboxylic acids is 1. The predicted molar refractivity (Wildman–Crippen MR) is 118 cm³/mol. The Hall–Kier alpha value is -3.76. The molecule has 0 saturated heterocycles. The first kappa shape index (κ1) is 26.5. The van der Waals surface area contributed by atoms with Gasteiger partial charge in [0.15, 0.2) is 0 Å². The van der Waals surface area contributed by atoms with Crippen LogP contribution in [-0.2, 0) is 10.2 Å². The van der Waals surface area contributed by atoms with E-state index < -0.39 is 29.2 Å². The zero-order valence-electron chi connectivity index (χ0n) is 19.0. The van der Waals surface area contributed by atoms with Crippen molar-refractivity contribution in [2.24, 2.45) is 5.16 Å². The predicted octanol–water partition coefficient (Wildman–Crippen LogP) is 4.56. The fraction of sp³-hybridized carbons (Fsp3) is 0.348. The Labute approximate surface area is 193 Å². The van der Waals surface area contributed by atoms with Crippen molar-refractivity contribution in [2.45, 2.75) is 39.3 Å². The summed E-state index contributed by atoms with van der Waals surface area (Å²) in [6.07, 6.45) is -5.04. The standard InChI is InChI=1S/C23H25F3N2O6/c1-5-28(21(32)23(24,25)26)18-9-6-13(10-16(18)22(2,3)4)17(27-33)12-34-14-7-8-15(20(30)31)19(29)11-14/h6-11,29,33H,5,12H2,1-4H3,(H,30,31). The molecule has 0 unspecified atom stereocenters. The van der Waals surface area contributed by atoms with E-state index in [1.807, 2.05) is 0 Å². The fourth-order valence-corrected chi connectivity index (χ4v) is 3.23. The molecule has 0 radical (unpaired) electrons. The molecule has 3 N–H and O–H groups in total. The Bertz CT molecular complexity index is 1110. The van der Waals surface area contributed by atoms with Crippen LogP contribution in [0.25, 0.3) is 0 Å². The highest BCUT2D eigenvalue weighted by molar-refractivity contribution is 6.03. The number of hydrogen-bond donors (Lipinski definition) is 3. The topological polar surface area (TPSA) is 120 Å². The molecule has 0 atom stereocenters. The van der Waals surface area contributed by atoms with Gasteiger partial charge >= 0.3 is 18.1 Å². The van der Waals surface area contributed by atoms with Gasteiger partial charge in [-0.25, -0.2) is 4.79 Å². The lowest BCUT2D eigenvalue weighted by atomic mass is 9.84. The van der Waals surface area contributed by atoms with Gasteiger partial charge in [-0.3, -0.25) is 4.79 Å². The summed E-state index contributed by atoms with van der Waals surface area (Å²) in [5.74, 6) is -3.72. The lowest BCUT2D eigenvalue weighted by molar-refractivity contribution is -0.170. The zero-order valence-corrected chi connectivity index (χ0v) is 19.0. The third-order valence-electron chi connectivity index (χ3n) is 4.93. The lowest BCUT2D eigenvalue weighted by Crippen LogP contribution is -2.42. The summed E-state index contributed by atoms with van der Waals surface area (Å²) in [7, 11) is 0. The lowest BCUT2D eigenvalue weighted by Gasteiger charge is -2.30. The van der Waals surface area contributed by atoms with Crippen molar-refractivity contribution in [3.8, 4) is 11.5 Å². The number of benzene rings is 2. The molecule has 2 aromatic rings. The number of carboxylic acids is 1. The Morgan fingerprint density at radius 2 is 1.74 bits per heavy atom. The zero-order chi connectivity index (χ0) is 25.8. The number of amides is 1. The van der Waals surface area contributed by atoms with Crippen molar-refractivity contribution in [2.75, 3.05) is 18.1 Å². The van der Waals surface area contributed by atoms with Crippen LogP contribution in [0.15, 0.2) is 41.6 Å². The highest BCUT2D eigenvalue weighted by Gasteiger charge is 2.43. The van der Waals surface area contributed by atoms with Gasteiger partial charge in [-0.2, -0.15) is 13.2 Å². The van der Waals surface area contributed by atoms with Crippen LogP contribution >= 0.6 is 0 Å². The molecule has 34 heavy (non-hydrogen) atoms. The average Bonchev–Trinajstić information content (AvgIpc) is 2.73. The Kier molecular flexibility index (Phi) is 7.81. The number of ether oxygens (including phenoxy) is 1. The monoisotopic (exact) mass is 482 g/mol. The fourth-order valence-electron chi connectivity index (χ4n) is 3.23. The van der Waals surface area contributed by atoms with Crippen LogP contribution in [0.1, 0.15) is 49.2 Å². The molecular formula is C23H25F3N2O6. The molecule has 0 aliphatic rings. The number of rotatable bonds is 7. The van der Waals surface area contributed by atoms with Crippen molar-refractivity contribution in [1.29, 1.82) is 0 Å². The highest BCUT2D eigenvalue weighted by Crippen LogP contribution is 2.35. The summed E-state index contributed by atoms with van der Waals surface area (Å²) in [5, 5.41) is 31.5. The maximum absolute atomic E-state index is 13.1. The van der Waals surface area contributed by atoms with Crippen molar-refractivity contribution >= 4 is 23.3 Å².